The van der Waals surface area contributed by atoms with Crippen LogP contribution in [0.15, 0.2) is 121 Å². The van der Waals surface area contributed by atoms with Crippen molar-refractivity contribution in [2.75, 3.05) is 14.2 Å². The van der Waals surface area contributed by atoms with E-state index in [2.05, 4.69) is 42.5 Å². The molecule has 8 rings (SSSR count). The second-order valence-corrected chi connectivity index (χ2v) is 11.7. The Morgan fingerprint density at radius 2 is 1.23 bits per heavy atom. The molecular formula is C40H29NO7. The van der Waals surface area contributed by atoms with Gasteiger partial charge >= 0.3 is 5.97 Å². The molecule has 0 saturated carbocycles. The van der Waals surface area contributed by atoms with E-state index < -0.39 is 23.3 Å². The smallest absolute Gasteiger partial charge is 0.363 e. The lowest BCUT2D eigenvalue weighted by Crippen LogP contribution is -2.30. The molecule has 48 heavy (non-hydrogen) atoms. The zero-order valence-corrected chi connectivity index (χ0v) is 26.0. The van der Waals surface area contributed by atoms with Gasteiger partial charge in [-0.2, -0.15) is 0 Å². The lowest BCUT2D eigenvalue weighted by Gasteiger charge is -2.33. The number of aromatic nitrogens is 1. The summed E-state index contributed by atoms with van der Waals surface area (Å²) in [7, 11) is 3.08. The lowest BCUT2D eigenvalue weighted by atomic mass is 9.76. The van der Waals surface area contributed by atoms with Crippen LogP contribution in [0.25, 0.3) is 43.1 Å². The highest BCUT2D eigenvalue weighted by atomic mass is 16.7. The summed E-state index contributed by atoms with van der Waals surface area (Å²) in [5, 5.41) is 41.9. The fourth-order valence-electron chi connectivity index (χ4n) is 7.02. The Balaban J connectivity index is 1.41. The van der Waals surface area contributed by atoms with Gasteiger partial charge in [-0.05, 0) is 72.9 Å². The van der Waals surface area contributed by atoms with E-state index in [1.807, 2.05) is 24.3 Å². The minimum atomic E-state index is -1.86. The highest BCUT2D eigenvalue weighted by Gasteiger charge is 2.39. The first-order valence-corrected chi connectivity index (χ1v) is 15.3. The average molecular weight is 636 g/mol. The van der Waals surface area contributed by atoms with Gasteiger partial charge < -0.3 is 29.6 Å². The van der Waals surface area contributed by atoms with Crippen LogP contribution in [-0.4, -0.2) is 40.2 Å². The van der Waals surface area contributed by atoms with E-state index in [1.165, 1.54) is 36.8 Å². The number of fused-ring (bicyclic) bond motifs is 2. The quantitative estimate of drug-likeness (QED) is 0.0944. The average Bonchev–Trinajstić information content (AvgIpc) is 3.45. The number of aliphatic hydroxyl groups is 1. The van der Waals surface area contributed by atoms with Crippen LogP contribution in [0, 0.1) is 0 Å². The SMILES string of the molecule is COc1ccc(C(O)(c2cccc(C(=O)On3c(O)ccc3O)c2)c2ccc3c4cccc5cccc(c6cccc2c63)c54)c(OC)c1. The fraction of sp³-hybridized carbons (Fsp3) is 0.0750. The number of nitrogens with zero attached hydrogens (tertiary/aromatic N) is 1. The molecule has 8 aromatic rings. The lowest BCUT2D eigenvalue weighted by molar-refractivity contribution is 0.0381. The van der Waals surface area contributed by atoms with Crippen LogP contribution in [0.1, 0.15) is 27.0 Å². The Hall–Kier alpha value is -6.25. The van der Waals surface area contributed by atoms with E-state index in [1.54, 1.807) is 37.4 Å². The van der Waals surface area contributed by atoms with Crippen molar-refractivity contribution in [3.8, 4) is 23.3 Å². The molecule has 0 bridgehead atoms. The van der Waals surface area contributed by atoms with E-state index >= 15 is 0 Å². The Morgan fingerprint density at radius 1 is 0.625 bits per heavy atom. The molecule has 1 heterocycles. The summed E-state index contributed by atoms with van der Waals surface area (Å²) >= 11 is 0. The van der Waals surface area contributed by atoms with Gasteiger partial charge in [0.05, 0.1) is 19.8 Å². The summed E-state index contributed by atoms with van der Waals surface area (Å²) in [5.41, 5.74) is -0.416. The molecule has 8 heteroatoms. The Morgan fingerprint density at radius 3 is 1.92 bits per heavy atom. The number of carbonyl (C=O) groups excluding carboxylic acids is 1. The predicted octanol–water partition coefficient (Wildman–Crippen LogP) is 7.52. The largest absolute Gasteiger partial charge is 0.497 e. The molecule has 0 saturated heterocycles. The fourth-order valence-corrected chi connectivity index (χ4v) is 7.02. The van der Waals surface area contributed by atoms with Crippen LogP contribution in [0.5, 0.6) is 23.3 Å². The molecule has 1 unspecified atom stereocenters. The molecule has 8 nitrogen and oxygen atoms in total. The molecule has 1 atom stereocenters. The Bertz CT molecular complexity index is 2470. The molecule has 0 aliphatic carbocycles. The maximum Gasteiger partial charge on any atom is 0.363 e. The number of aromatic hydroxyl groups is 2. The van der Waals surface area contributed by atoms with Gasteiger partial charge in [-0.25, -0.2) is 4.79 Å². The van der Waals surface area contributed by atoms with Crippen molar-refractivity contribution >= 4 is 49.1 Å². The van der Waals surface area contributed by atoms with Crippen LogP contribution in [-0.2, 0) is 5.60 Å². The van der Waals surface area contributed by atoms with E-state index in [4.69, 9.17) is 14.3 Å². The molecule has 0 aliphatic heterocycles. The van der Waals surface area contributed by atoms with Crippen molar-refractivity contribution in [2.45, 2.75) is 5.60 Å². The minimum absolute atomic E-state index is 0.0780. The zero-order valence-electron chi connectivity index (χ0n) is 26.0. The number of methoxy groups -OCH3 is 2. The van der Waals surface area contributed by atoms with Gasteiger partial charge in [-0.3, -0.25) is 0 Å². The first-order chi connectivity index (χ1) is 23.3. The number of hydrogen-bond acceptors (Lipinski definition) is 7. The normalized spacial score (nSPS) is 12.9. The third-order valence-electron chi connectivity index (χ3n) is 9.20. The minimum Gasteiger partial charge on any atom is -0.497 e. The van der Waals surface area contributed by atoms with Crippen LogP contribution in [0.3, 0.4) is 0 Å². The molecule has 0 fully saturated rings. The zero-order chi connectivity index (χ0) is 33.2. The van der Waals surface area contributed by atoms with Crippen LogP contribution >= 0.6 is 0 Å². The van der Waals surface area contributed by atoms with Crippen molar-refractivity contribution in [3.05, 3.63) is 144 Å². The topological polar surface area (TPSA) is 110 Å². The van der Waals surface area contributed by atoms with Crippen molar-refractivity contribution in [1.29, 1.82) is 0 Å². The Labute approximate surface area is 274 Å². The summed E-state index contributed by atoms with van der Waals surface area (Å²) in [6, 6.07) is 36.7. The summed E-state index contributed by atoms with van der Waals surface area (Å²) < 4.78 is 11.9. The standard InChI is InChI=1S/C40H29NO7/c1-46-26-15-17-33(34(22-26)47-2)40(45,25-10-3-9-24(21-25)39(44)48-41-35(42)19-20-36(41)43)32-18-16-30-28-12-5-8-23-7-4-11-27(37(23)28)29-13-6-14-31(32)38(29)30/h3-22,42-43,45H,1-2H3. The first-order valence-electron chi connectivity index (χ1n) is 15.3. The van der Waals surface area contributed by atoms with Crippen molar-refractivity contribution in [3.63, 3.8) is 0 Å². The number of hydrogen-bond donors (Lipinski definition) is 3. The van der Waals surface area contributed by atoms with E-state index in [-0.39, 0.29) is 5.56 Å². The molecule has 236 valence electrons. The van der Waals surface area contributed by atoms with E-state index in [9.17, 15) is 20.1 Å². The number of benzene rings is 7. The van der Waals surface area contributed by atoms with Crippen LogP contribution < -0.4 is 14.3 Å². The summed E-state index contributed by atoms with van der Waals surface area (Å²) in [6.07, 6.45) is 0. The van der Waals surface area contributed by atoms with E-state index in [0.717, 1.165) is 37.7 Å². The van der Waals surface area contributed by atoms with Crippen molar-refractivity contribution in [1.82, 2.24) is 4.73 Å². The monoisotopic (exact) mass is 635 g/mol. The molecular weight excluding hydrogens is 606 g/mol. The summed E-state index contributed by atoms with van der Waals surface area (Å²) in [6.45, 7) is 0. The van der Waals surface area contributed by atoms with Crippen LogP contribution in [0.4, 0.5) is 0 Å². The highest BCUT2D eigenvalue weighted by molar-refractivity contribution is 6.33. The summed E-state index contributed by atoms with van der Waals surface area (Å²) in [4.78, 5) is 18.6. The number of ether oxygens (including phenoxy) is 2. The molecule has 0 radical (unpaired) electrons. The van der Waals surface area contributed by atoms with Gasteiger partial charge in [-0.1, -0.05) is 78.9 Å². The first kappa shape index (κ1) is 29.2. The molecule has 1 aromatic heterocycles. The molecule has 0 amide bonds. The van der Waals surface area contributed by atoms with Gasteiger partial charge in [0.25, 0.3) is 0 Å². The van der Waals surface area contributed by atoms with Gasteiger partial charge in [0.1, 0.15) is 17.1 Å². The third kappa shape index (κ3) is 4.23. The number of rotatable bonds is 7. The third-order valence-corrected chi connectivity index (χ3v) is 9.20. The van der Waals surface area contributed by atoms with Crippen LogP contribution in [0.2, 0.25) is 0 Å². The molecule has 0 aliphatic rings. The van der Waals surface area contributed by atoms with Gasteiger partial charge in [0, 0.05) is 29.3 Å². The molecule has 7 aromatic carbocycles. The predicted molar refractivity (Wildman–Crippen MR) is 184 cm³/mol. The Kier molecular flexibility index (Phi) is 6.64. The maximum atomic E-state index is 13.3. The second kappa shape index (κ2) is 10.9. The maximum absolute atomic E-state index is 13.3. The van der Waals surface area contributed by atoms with Gasteiger partial charge in [0.2, 0.25) is 11.8 Å². The van der Waals surface area contributed by atoms with E-state index in [0.29, 0.717) is 32.9 Å². The second-order valence-electron chi connectivity index (χ2n) is 11.7. The molecule has 0 spiro atoms. The molecule has 3 N–H and O–H groups in total. The van der Waals surface area contributed by atoms with Crippen molar-refractivity contribution in [2.24, 2.45) is 0 Å². The number of carbonyl (C=O) groups is 1. The highest BCUT2D eigenvalue weighted by Crippen LogP contribution is 2.48. The van der Waals surface area contributed by atoms with Gasteiger partial charge in [0.15, 0.2) is 0 Å². The van der Waals surface area contributed by atoms with Gasteiger partial charge in [-0.15, -0.1) is 4.73 Å². The summed E-state index contributed by atoms with van der Waals surface area (Å²) in [5.74, 6) is -0.829. The van der Waals surface area contributed by atoms with Crippen molar-refractivity contribution < 1.29 is 34.4 Å².